The van der Waals surface area contributed by atoms with Gasteiger partial charge in [-0.3, -0.25) is 4.79 Å². The number of esters is 1. The Kier molecular flexibility index (Phi) is 7.38. The fourth-order valence-electron chi connectivity index (χ4n) is 6.42. The molecular weight excluding hydrogens is 372 g/mol. The number of aromatic hydroxyl groups is 1. The smallest absolute Gasteiger partial charge is 0.309 e. The maximum atomic E-state index is 12.8. The van der Waals surface area contributed by atoms with Gasteiger partial charge in [-0.2, -0.15) is 0 Å². The second kappa shape index (κ2) is 10.2. The second-order valence-electron chi connectivity index (χ2n) is 10.3. The second-order valence-corrected chi connectivity index (χ2v) is 10.3. The van der Waals surface area contributed by atoms with Gasteiger partial charge in [0.25, 0.3) is 0 Å². The van der Waals surface area contributed by atoms with E-state index in [1.165, 1.54) is 50.5 Å². The number of benzene rings is 1. The molecule has 0 spiro atoms. The third-order valence-corrected chi connectivity index (χ3v) is 8.56. The van der Waals surface area contributed by atoms with Crippen molar-refractivity contribution in [2.75, 3.05) is 0 Å². The minimum atomic E-state index is 0.0798. The van der Waals surface area contributed by atoms with Crippen molar-refractivity contribution in [1.29, 1.82) is 0 Å². The van der Waals surface area contributed by atoms with Crippen LogP contribution in [0.1, 0.15) is 102 Å². The lowest BCUT2D eigenvalue weighted by Gasteiger charge is -2.37. The first-order chi connectivity index (χ1) is 14.6. The zero-order valence-corrected chi connectivity index (χ0v) is 18.7. The first-order valence-corrected chi connectivity index (χ1v) is 12.6. The Hall–Kier alpha value is -1.51. The van der Waals surface area contributed by atoms with Gasteiger partial charge in [0.1, 0.15) is 11.9 Å². The Morgan fingerprint density at radius 1 is 0.833 bits per heavy atom. The van der Waals surface area contributed by atoms with E-state index in [2.05, 4.69) is 6.92 Å². The Morgan fingerprint density at radius 2 is 1.40 bits per heavy atom. The molecule has 3 nitrogen and oxygen atoms in total. The molecule has 0 saturated heterocycles. The predicted octanol–water partition coefficient (Wildman–Crippen LogP) is 6.98. The SMILES string of the molecule is CCC1CCC(C2CCC(C(=O)OC3CCC(c4ccc(O)cc4)CC3)CC2)CC1. The predicted molar refractivity (Wildman–Crippen MR) is 120 cm³/mol. The van der Waals surface area contributed by atoms with E-state index in [1.54, 1.807) is 12.1 Å². The van der Waals surface area contributed by atoms with Crippen molar-refractivity contribution in [3.05, 3.63) is 29.8 Å². The van der Waals surface area contributed by atoms with Crippen LogP contribution in [0.5, 0.6) is 5.75 Å². The number of hydrogen-bond donors (Lipinski definition) is 1. The Morgan fingerprint density at radius 3 is 1.97 bits per heavy atom. The quantitative estimate of drug-likeness (QED) is 0.530. The lowest BCUT2D eigenvalue weighted by Crippen LogP contribution is -2.32. The van der Waals surface area contributed by atoms with Crippen LogP contribution in [0.25, 0.3) is 0 Å². The molecule has 0 radical (unpaired) electrons. The molecule has 0 aliphatic heterocycles. The summed E-state index contributed by atoms with van der Waals surface area (Å²) >= 11 is 0. The normalized spacial score (nSPS) is 35.0. The molecule has 1 aromatic carbocycles. The summed E-state index contributed by atoms with van der Waals surface area (Å²) in [5.41, 5.74) is 1.30. The van der Waals surface area contributed by atoms with Gasteiger partial charge in [-0.25, -0.2) is 0 Å². The third kappa shape index (κ3) is 5.39. The number of phenolic OH excluding ortho intramolecular Hbond substituents is 1. The zero-order valence-electron chi connectivity index (χ0n) is 18.7. The lowest BCUT2D eigenvalue weighted by atomic mass is 9.69. The van der Waals surface area contributed by atoms with Crippen molar-refractivity contribution in [1.82, 2.24) is 0 Å². The summed E-state index contributed by atoms with van der Waals surface area (Å²) < 4.78 is 5.96. The van der Waals surface area contributed by atoms with Gasteiger partial charge in [-0.15, -0.1) is 0 Å². The Labute approximate surface area is 182 Å². The van der Waals surface area contributed by atoms with Crippen molar-refractivity contribution in [2.45, 2.75) is 102 Å². The maximum Gasteiger partial charge on any atom is 0.309 e. The molecule has 166 valence electrons. The highest BCUT2D eigenvalue weighted by Crippen LogP contribution is 2.42. The van der Waals surface area contributed by atoms with E-state index in [9.17, 15) is 9.90 Å². The first-order valence-electron chi connectivity index (χ1n) is 12.6. The van der Waals surface area contributed by atoms with Crippen molar-refractivity contribution in [3.8, 4) is 5.75 Å². The highest BCUT2D eigenvalue weighted by molar-refractivity contribution is 5.72. The molecular formula is C27H40O3. The average molecular weight is 413 g/mol. The minimum absolute atomic E-state index is 0.0798. The molecule has 0 unspecified atom stereocenters. The van der Waals surface area contributed by atoms with E-state index in [4.69, 9.17) is 4.74 Å². The van der Waals surface area contributed by atoms with E-state index < -0.39 is 0 Å². The van der Waals surface area contributed by atoms with Gasteiger partial charge in [0, 0.05) is 0 Å². The van der Waals surface area contributed by atoms with Gasteiger partial charge in [-0.1, -0.05) is 38.3 Å². The van der Waals surface area contributed by atoms with Crippen LogP contribution in [0, 0.1) is 23.7 Å². The maximum absolute atomic E-state index is 12.8. The van der Waals surface area contributed by atoms with E-state index in [0.717, 1.165) is 56.3 Å². The van der Waals surface area contributed by atoms with Crippen molar-refractivity contribution < 1.29 is 14.6 Å². The number of hydrogen-bond acceptors (Lipinski definition) is 3. The van der Waals surface area contributed by atoms with Gasteiger partial charge < -0.3 is 9.84 Å². The molecule has 0 bridgehead atoms. The Bertz CT molecular complexity index is 658. The largest absolute Gasteiger partial charge is 0.508 e. The van der Waals surface area contributed by atoms with Crippen LogP contribution in [0.3, 0.4) is 0 Å². The number of rotatable bonds is 5. The average Bonchev–Trinajstić information content (AvgIpc) is 2.80. The first kappa shape index (κ1) is 21.7. The highest BCUT2D eigenvalue weighted by Gasteiger charge is 2.34. The standard InChI is InChI=1S/C27H40O3/c1-2-19-3-5-20(6-4-19)21-7-9-24(10-8-21)27(29)30-26-17-13-23(14-18-26)22-11-15-25(28)16-12-22/h11-12,15-16,19-21,23-24,26,28H,2-10,13-14,17-18H2,1H3. The molecule has 1 aromatic rings. The van der Waals surface area contributed by atoms with Crippen molar-refractivity contribution in [2.24, 2.45) is 23.7 Å². The molecule has 0 atom stereocenters. The van der Waals surface area contributed by atoms with Gasteiger partial charge in [0.05, 0.1) is 5.92 Å². The molecule has 3 heteroatoms. The number of carbonyl (C=O) groups excluding carboxylic acids is 1. The van der Waals surface area contributed by atoms with Crippen LogP contribution in [0.4, 0.5) is 0 Å². The fraction of sp³-hybridized carbons (Fsp3) is 0.741. The Balaban J connectivity index is 1.17. The number of carbonyl (C=O) groups is 1. The van der Waals surface area contributed by atoms with Crippen molar-refractivity contribution >= 4 is 5.97 Å². The monoisotopic (exact) mass is 412 g/mol. The number of ether oxygens (including phenoxy) is 1. The molecule has 3 fully saturated rings. The highest BCUT2D eigenvalue weighted by atomic mass is 16.5. The summed E-state index contributed by atoms with van der Waals surface area (Å²) in [5, 5.41) is 9.47. The van der Waals surface area contributed by atoms with Gasteiger partial charge >= 0.3 is 5.97 Å². The summed E-state index contributed by atoms with van der Waals surface area (Å²) in [6.07, 6.45) is 15.8. The van der Waals surface area contributed by atoms with Gasteiger partial charge in [0.15, 0.2) is 0 Å². The third-order valence-electron chi connectivity index (χ3n) is 8.56. The summed E-state index contributed by atoms with van der Waals surface area (Å²) in [5.74, 6) is 3.81. The molecule has 3 aliphatic rings. The van der Waals surface area contributed by atoms with Crippen molar-refractivity contribution in [3.63, 3.8) is 0 Å². The summed E-state index contributed by atoms with van der Waals surface area (Å²) in [6, 6.07) is 7.60. The van der Waals surface area contributed by atoms with Crippen LogP contribution >= 0.6 is 0 Å². The lowest BCUT2D eigenvalue weighted by molar-refractivity contribution is -0.157. The molecule has 0 heterocycles. The van der Waals surface area contributed by atoms with Gasteiger partial charge in [0.2, 0.25) is 0 Å². The summed E-state index contributed by atoms with van der Waals surface area (Å²) in [7, 11) is 0. The van der Waals surface area contributed by atoms with Crippen LogP contribution in [-0.4, -0.2) is 17.2 Å². The molecule has 30 heavy (non-hydrogen) atoms. The van der Waals surface area contributed by atoms with E-state index in [-0.39, 0.29) is 18.0 Å². The van der Waals surface area contributed by atoms with E-state index in [0.29, 0.717) is 11.7 Å². The summed E-state index contributed by atoms with van der Waals surface area (Å²) in [6.45, 7) is 2.33. The van der Waals surface area contributed by atoms with Crippen LogP contribution < -0.4 is 0 Å². The molecule has 1 N–H and O–H groups in total. The molecule has 3 saturated carbocycles. The summed E-state index contributed by atoms with van der Waals surface area (Å²) in [4.78, 5) is 12.8. The van der Waals surface area contributed by atoms with Crippen LogP contribution in [0.2, 0.25) is 0 Å². The number of phenols is 1. The van der Waals surface area contributed by atoms with Gasteiger partial charge in [-0.05, 0) is 106 Å². The van der Waals surface area contributed by atoms with E-state index in [1.807, 2.05) is 12.1 Å². The molecule has 0 amide bonds. The topological polar surface area (TPSA) is 46.5 Å². The van der Waals surface area contributed by atoms with E-state index >= 15 is 0 Å². The minimum Gasteiger partial charge on any atom is -0.508 e. The molecule has 3 aliphatic carbocycles. The van der Waals surface area contributed by atoms with Crippen LogP contribution in [0.15, 0.2) is 24.3 Å². The molecule has 4 rings (SSSR count). The zero-order chi connectivity index (χ0) is 20.9. The van der Waals surface area contributed by atoms with Crippen LogP contribution in [-0.2, 0) is 9.53 Å². The molecule has 0 aromatic heterocycles. The fourth-order valence-corrected chi connectivity index (χ4v) is 6.42.